The van der Waals surface area contributed by atoms with Gasteiger partial charge >= 0.3 is 0 Å². The summed E-state index contributed by atoms with van der Waals surface area (Å²) in [5.41, 5.74) is 7.68. The van der Waals surface area contributed by atoms with Crippen LogP contribution < -0.4 is 16.0 Å². The maximum Gasteiger partial charge on any atom is 0.290 e. The smallest absolute Gasteiger partial charge is 0.290 e. The van der Waals surface area contributed by atoms with Crippen molar-refractivity contribution in [3.63, 3.8) is 0 Å². The first-order valence-electron chi connectivity index (χ1n) is 9.73. The fraction of sp³-hybridized carbons (Fsp3) is 0.238. The maximum absolute atomic E-state index is 12.5. The van der Waals surface area contributed by atoms with Gasteiger partial charge in [0.15, 0.2) is 0 Å². The summed E-state index contributed by atoms with van der Waals surface area (Å²) in [7, 11) is 0. The van der Waals surface area contributed by atoms with E-state index in [9.17, 15) is 9.59 Å². The van der Waals surface area contributed by atoms with Gasteiger partial charge in [0.25, 0.3) is 6.47 Å². The number of nitrogens with two attached hydrogens (primary N) is 1. The van der Waals surface area contributed by atoms with Gasteiger partial charge in [-0.25, -0.2) is 4.98 Å². The number of aromatic nitrogens is 3. The van der Waals surface area contributed by atoms with Gasteiger partial charge in [0, 0.05) is 37.7 Å². The van der Waals surface area contributed by atoms with Crippen LogP contribution >= 0.6 is 11.3 Å². The molecule has 1 saturated heterocycles. The number of carboxylic acid groups (broad SMARTS) is 1. The van der Waals surface area contributed by atoms with Crippen LogP contribution in [0.4, 0.5) is 10.9 Å². The van der Waals surface area contributed by atoms with Crippen LogP contribution in [-0.2, 0) is 27.3 Å². The van der Waals surface area contributed by atoms with E-state index in [-0.39, 0.29) is 31.3 Å². The second-order valence-electron chi connectivity index (χ2n) is 6.92. The Morgan fingerprint density at radius 2 is 2.00 bits per heavy atom. The van der Waals surface area contributed by atoms with Gasteiger partial charge in [-0.2, -0.15) is 0 Å². The molecular weight excluding hydrogens is 432 g/mol. The molecule has 1 aliphatic rings. The van der Waals surface area contributed by atoms with Crippen molar-refractivity contribution in [2.24, 2.45) is 5.92 Å². The Balaban J connectivity index is 0.000000913. The minimum atomic E-state index is -0.429. The lowest BCUT2D eigenvalue weighted by Crippen LogP contribution is -2.32. The van der Waals surface area contributed by atoms with Crippen LogP contribution in [-0.4, -0.2) is 45.1 Å². The SMILES string of the molecule is Nc1ncccc1CNC(=O)C1CC(=O)N(c2nnc(Cc3ccccc3)s2)C1.O=CO. The molecule has 0 radical (unpaired) electrons. The van der Waals surface area contributed by atoms with Crippen LogP contribution in [0.2, 0.25) is 0 Å². The molecule has 1 unspecified atom stereocenters. The summed E-state index contributed by atoms with van der Waals surface area (Å²) in [4.78, 5) is 38.9. The predicted molar refractivity (Wildman–Crippen MR) is 119 cm³/mol. The molecule has 3 heterocycles. The quantitative estimate of drug-likeness (QED) is 0.474. The average Bonchev–Trinajstić information content (AvgIpc) is 3.40. The number of benzene rings is 1. The molecule has 2 amide bonds. The van der Waals surface area contributed by atoms with Crippen LogP contribution in [0, 0.1) is 5.92 Å². The van der Waals surface area contributed by atoms with Crippen LogP contribution in [0.5, 0.6) is 0 Å². The van der Waals surface area contributed by atoms with Crippen molar-refractivity contribution in [3.05, 3.63) is 64.8 Å². The summed E-state index contributed by atoms with van der Waals surface area (Å²) < 4.78 is 0. The second-order valence-corrected chi connectivity index (χ2v) is 7.96. The zero-order valence-electron chi connectivity index (χ0n) is 17.0. The third-order valence-electron chi connectivity index (χ3n) is 4.76. The molecule has 4 rings (SSSR count). The Hall–Kier alpha value is -3.86. The zero-order chi connectivity index (χ0) is 22.9. The molecule has 0 aliphatic carbocycles. The number of nitrogens with one attached hydrogen (secondary N) is 1. The first kappa shape index (κ1) is 22.8. The molecule has 11 heteroatoms. The van der Waals surface area contributed by atoms with E-state index in [1.165, 1.54) is 11.3 Å². The maximum atomic E-state index is 12.5. The highest BCUT2D eigenvalue weighted by atomic mass is 32.1. The molecule has 0 bridgehead atoms. The van der Waals surface area contributed by atoms with E-state index in [4.69, 9.17) is 15.6 Å². The highest BCUT2D eigenvalue weighted by Gasteiger charge is 2.36. The van der Waals surface area contributed by atoms with Gasteiger partial charge in [-0.1, -0.05) is 47.7 Å². The Bertz CT molecular complexity index is 1070. The molecule has 2 aromatic heterocycles. The predicted octanol–water partition coefficient (Wildman–Crippen LogP) is 1.48. The summed E-state index contributed by atoms with van der Waals surface area (Å²) in [6.45, 7) is 0.330. The monoisotopic (exact) mass is 454 g/mol. The van der Waals surface area contributed by atoms with Crippen molar-refractivity contribution in [3.8, 4) is 0 Å². The van der Waals surface area contributed by atoms with Crippen LogP contribution in [0.15, 0.2) is 48.7 Å². The molecule has 0 spiro atoms. The lowest BCUT2D eigenvalue weighted by molar-refractivity contribution is -0.126. The molecule has 1 atom stereocenters. The van der Waals surface area contributed by atoms with Crippen molar-refractivity contribution in [2.75, 3.05) is 17.2 Å². The molecule has 1 aliphatic heterocycles. The molecular formula is C21H22N6O4S. The van der Waals surface area contributed by atoms with Gasteiger partial charge in [0.1, 0.15) is 10.8 Å². The number of hydrogen-bond donors (Lipinski definition) is 3. The molecule has 10 nitrogen and oxygen atoms in total. The lowest BCUT2D eigenvalue weighted by Gasteiger charge is -2.13. The van der Waals surface area contributed by atoms with Gasteiger partial charge in [0.05, 0.1) is 5.92 Å². The van der Waals surface area contributed by atoms with Crippen molar-refractivity contribution in [1.82, 2.24) is 20.5 Å². The van der Waals surface area contributed by atoms with Crippen molar-refractivity contribution >= 4 is 40.6 Å². The normalized spacial score (nSPS) is 15.1. The van der Waals surface area contributed by atoms with Crippen LogP contribution in [0.1, 0.15) is 22.6 Å². The summed E-state index contributed by atoms with van der Waals surface area (Å²) >= 11 is 1.38. The minimum Gasteiger partial charge on any atom is -0.483 e. The van der Waals surface area contributed by atoms with Gasteiger partial charge in [-0.05, 0) is 11.6 Å². The standard InChI is InChI=1S/C20H20N6O2S.CH2O2/c21-18-14(7-4-8-22-18)11-23-19(28)15-10-17(27)26(12-15)20-25-24-16(29-20)9-13-5-2-1-3-6-13;2-1-3/h1-8,15H,9-12H2,(H2,21,22)(H,23,28);1H,(H,2,3). The van der Waals surface area contributed by atoms with Gasteiger partial charge in [-0.3, -0.25) is 19.3 Å². The van der Waals surface area contributed by atoms with E-state index in [1.54, 1.807) is 17.2 Å². The topological polar surface area (TPSA) is 151 Å². The average molecular weight is 455 g/mol. The summed E-state index contributed by atoms with van der Waals surface area (Å²) in [6, 6.07) is 13.5. The van der Waals surface area contributed by atoms with E-state index in [0.717, 1.165) is 16.1 Å². The third kappa shape index (κ3) is 5.85. The first-order valence-corrected chi connectivity index (χ1v) is 10.5. The van der Waals surface area contributed by atoms with Gasteiger partial charge in [0.2, 0.25) is 16.9 Å². The molecule has 32 heavy (non-hydrogen) atoms. The number of nitrogens with zero attached hydrogens (tertiary/aromatic N) is 4. The Kier molecular flexibility index (Phi) is 7.81. The zero-order valence-corrected chi connectivity index (χ0v) is 17.9. The number of amides is 2. The number of rotatable bonds is 6. The van der Waals surface area contributed by atoms with Crippen molar-refractivity contribution < 1.29 is 19.5 Å². The lowest BCUT2D eigenvalue weighted by atomic mass is 10.1. The summed E-state index contributed by atoms with van der Waals surface area (Å²) in [5, 5.41) is 19.5. The van der Waals surface area contributed by atoms with E-state index in [0.29, 0.717) is 23.9 Å². The molecule has 0 saturated carbocycles. The number of hydrogen-bond acceptors (Lipinski definition) is 8. The molecule has 1 fully saturated rings. The van der Waals surface area contributed by atoms with Gasteiger partial charge in [-0.15, -0.1) is 10.2 Å². The second kappa shape index (κ2) is 11.0. The molecule has 1 aromatic carbocycles. The Labute approximate surface area is 188 Å². The third-order valence-corrected chi connectivity index (χ3v) is 5.71. The van der Waals surface area contributed by atoms with E-state index in [2.05, 4.69) is 20.5 Å². The van der Waals surface area contributed by atoms with Crippen molar-refractivity contribution in [2.45, 2.75) is 19.4 Å². The largest absolute Gasteiger partial charge is 0.483 e. The number of nitrogen functional groups attached to an aromatic ring is 1. The number of carbonyl (C=O) groups excluding carboxylic acids is 2. The fourth-order valence-corrected chi connectivity index (χ4v) is 4.09. The highest BCUT2D eigenvalue weighted by Crippen LogP contribution is 2.29. The van der Waals surface area contributed by atoms with E-state index >= 15 is 0 Å². The van der Waals surface area contributed by atoms with E-state index in [1.807, 2.05) is 36.4 Å². The fourth-order valence-electron chi connectivity index (χ4n) is 3.19. The number of carbonyl (C=O) groups is 3. The molecule has 4 N–H and O–H groups in total. The van der Waals surface area contributed by atoms with E-state index < -0.39 is 5.92 Å². The number of anilines is 2. The van der Waals surface area contributed by atoms with Crippen molar-refractivity contribution in [1.29, 1.82) is 0 Å². The molecule has 166 valence electrons. The molecule has 3 aromatic rings. The minimum absolute atomic E-state index is 0.117. The highest BCUT2D eigenvalue weighted by molar-refractivity contribution is 7.15. The Morgan fingerprint density at radius 1 is 1.25 bits per heavy atom. The number of pyridine rings is 1. The Morgan fingerprint density at radius 3 is 2.72 bits per heavy atom. The first-order chi connectivity index (χ1) is 15.5. The van der Waals surface area contributed by atoms with Gasteiger partial charge < -0.3 is 16.2 Å². The van der Waals surface area contributed by atoms with Crippen LogP contribution in [0.3, 0.4) is 0 Å². The summed E-state index contributed by atoms with van der Waals surface area (Å²) in [5.74, 6) is -0.342. The van der Waals surface area contributed by atoms with Crippen LogP contribution in [0.25, 0.3) is 0 Å². The summed E-state index contributed by atoms with van der Waals surface area (Å²) in [6.07, 6.45) is 2.42.